The number of carbonyl (C=O) groups excluding carboxylic acids is 1. The normalized spacial score (nSPS) is 18.3. The highest BCUT2D eigenvalue weighted by molar-refractivity contribution is 5.89. The highest BCUT2D eigenvalue weighted by Crippen LogP contribution is 2.38. The number of rotatable bonds is 4. The van der Waals surface area contributed by atoms with Crippen LogP contribution in [-0.2, 0) is 5.54 Å². The van der Waals surface area contributed by atoms with Gasteiger partial charge in [-0.15, -0.1) is 0 Å². The van der Waals surface area contributed by atoms with Crippen LogP contribution in [0.5, 0.6) is 0 Å². The number of nitrogens with zero attached hydrogens (tertiary/aromatic N) is 3. The van der Waals surface area contributed by atoms with Crippen LogP contribution in [0.15, 0.2) is 48.9 Å². The molecule has 4 N–H and O–H groups in total. The Labute approximate surface area is 175 Å². The molecule has 0 aromatic carbocycles. The molecular weight excluding hydrogens is 378 g/mol. The van der Waals surface area contributed by atoms with Crippen LogP contribution in [0.3, 0.4) is 0 Å². The van der Waals surface area contributed by atoms with E-state index < -0.39 is 5.54 Å². The fourth-order valence-electron chi connectivity index (χ4n) is 3.74. The number of aryl methyl sites for hydroxylation is 2. The Morgan fingerprint density at radius 3 is 2.73 bits per heavy atom. The van der Waals surface area contributed by atoms with Gasteiger partial charge in [-0.05, 0) is 57.0 Å². The fraction of sp³-hybridized carbons (Fsp3) is 0.273. The van der Waals surface area contributed by atoms with Crippen molar-refractivity contribution in [3.63, 3.8) is 0 Å². The van der Waals surface area contributed by atoms with Gasteiger partial charge in [0.15, 0.2) is 0 Å². The van der Waals surface area contributed by atoms with Crippen molar-refractivity contribution < 1.29 is 4.79 Å². The van der Waals surface area contributed by atoms with Gasteiger partial charge in [0.1, 0.15) is 5.82 Å². The second-order valence-corrected chi connectivity index (χ2v) is 7.70. The van der Waals surface area contributed by atoms with Crippen molar-refractivity contribution in [2.45, 2.75) is 39.3 Å². The van der Waals surface area contributed by atoms with Gasteiger partial charge in [0, 0.05) is 35.9 Å². The van der Waals surface area contributed by atoms with Crippen LogP contribution in [0.1, 0.15) is 48.0 Å². The standard InChI is InChI=1S/C22H25N7O/c1-13-6-5-8-24-20(13)15(3)26-21(30)27-19-11-18-17(12-25-19)22(4,29-28-18)16-7-9-23-14(2)10-16/h5-12,15,28-29H,1-4H3,(H2,25,26,27,30). The molecule has 1 aliphatic heterocycles. The molecule has 30 heavy (non-hydrogen) atoms. The summed E-state index contributed by atoms with van der Waals surface area (Å²) in [5.41, 5.74) is 11.9. The molecule has 8 heteroatoms. The molecule has 154 valence electrons. The van der Waals surface area contributed by atoms with E-state index in [1.54, 1.807) is 18.6 Å². The van der Waals surface area contributed by atoms with E-state index in [4.69, 9.17) is 0 Å². The predicted octanol–water partition coefficient (Wildman–Crippen LogP) is 3.56. The van der Waals surface area contributed by atoms with Crippen LogP contribution in [0.25, 0.3) is 0 Å². The van der Waals surface area contributed by atoms with E-state index in [0.717, 1.165) is 33.8 Å². The number of pyridine rings is 3. The summed E-state index contributed by atoms with van der Waals surface area (Å²) in [5.74, 6) is 0.459. The molecule has 0 fully saturated rings. The van der Waals surface area contributed by atoms with E-state index in [1.807, 2.05) is 51.1 Å². The van der Waals surface area contributed by atoms with Gasteiger partial charge < -0.3 is 10.7 Å². The van der Waals surface area contributed by atoms with Crippen LogP contribution < -0.4 is 21.5 Å². The van der Waals surface area contributed by atoms with Crippen molar-refractivity contribution in [1.29, 1.82) is 0 Å². The number of hydrogen-bond donors (Lipinski definition) is 4. The topological polar surface area (TPSA) is 104 Å². The Kier molecular flexibility index (Phi) is 5.09. The predicted molar refractivity (Wildman–Crippen MR) is 116 cm³/mol. The highest BCUT2D eigenvalue weighted by Gasteiger charge is 2.36. The Morgan fingerprint density at radius 2 is 1.97 bits per heavy atom. The monoisotopic (exact) mass is 403 g/mol. The number of amides is 2. The SMILES string of the molecule is Cc1cc(C2(C)NNc3cc(NC(=O)NC(C)c4ncccc4C)ncc32)ccn1. The summed E-state index contributed by atoms with van der Waals surface area (Å²) in [6.07, 6.45) is 5.30. The van der Waals surface area contributed by atoms with Crippen LogP contribution in [0, 0.1) is 13.8 Å². The maximum absolute atomic E-state index is 12.5. The Hall–Kier alpha value is -3.52. The lowest BCUT2D eigenvalue weighted by atomic mass is 9.87. The summed E-state index contributed by atoms with van der Waals surface area (Å²) in [6, 6.07) is 9.14. The van der Waals surface area contributed by atoms with Gasteiger partial charge in [0.05, 0.1) is 23.0 Å². The molecule has 4 rings (SSSR count). The minimum absolute atomic E-state index is 0.223. The lowest BCUT2D eigenvalue weighted by Crippen LogP contribution is -2.37. The number of urea groups is 1. The van der Waals surface area contributed by atoms with Crippen molar-refractivity contribution in [3.8, 4) is 0 Å². The summed E-state index contributed by atoms with van der Waals surface area (Å²) in [6.45, 7) is 7.92. The molecule has 2 amide bonds. The summed E-state index contributed by atoms with van der Waals surface area (Å²) in [7, 11) is 0. The molecule has 4 heterocycles. The summed E-state index contributed by atoms with van der Waals surface area (Å²) >= 11 is 0. The molecule has 1 aliphatic rings. The number of carbonyl (C=O) groups is 1. The van der Waals surface area contributed by atoms with Gasteiger partial charge in [-0.2, -0.15) is 0 Å². The third-order valence-electron chi connectivity index (χ3n) is 5.41. The first-order valence-corrected chi connectivity index (χ1v) is 9.82. The number of aromatic nitrogens is 3. The molecule has 0 saturated carbocycles. The average Bonchev–Trinajstić information content (AvgIpc) is 3.05. The molecule has 3 aromatic heterocycles. The minimum Gasteiger partial charge on any atom is -0.330 e. The molecule has 8 nitrogen and oxygen atoms in total. The first kappa shape index (κ1) is 19.8. The second kappa shape index (κ2) is 7.72. The zero-order valence-electron chi connectivity index (χ0n) is 17.4. The third-order valence-corrected chi connectivity index (χ3v) is 5.41. The first-order chi connectivity index (χ1) is 14.4. The highest BCUT2D eigenvalue weighted by atomic mass is 16.2. The Bertz CT molecular complexity index is 1100. The first-order valence-electron chi connectivity index (χ1n) is 9.82. The molecule has 0 radical (unpaired) electrons. The van der Waals surface area contributed by atoms with Crippen LogP contribution in [-0.4, -0.2) is 21.0 Å². The number of anilines is 2. The van der Waals surface area contributed by atoms with Crippen molar-refractivity contribution in [2.24, 2.45) is 0 Å². The smallest absolute Gasteiger partial charge is 0.320 e. The van der Waals surface area contributed by atoms with Crippen LogP contribution >= 0.6 is 0 Å². The average molecular weight is 403 g/mol. The number of nitrogens with one attached hydrogen (secondary N) is 4. The Morgan fingerprint density at radius 1 is 1.13 bits per heavy atom. The molecule has 2 atom stereocenters. The van der Waals surface area contributed by atoms with Crippen LogP contribution in [0.4, 0.5) is 16.3 Å². The van der Waals surface area contributed by atoms with Crippen molar-refractivity contribution in [2.75, 3.05) is 10.7 Å². The molecule has 0 aliphatic carbocycles. The van der Waals surface area contributed by atoms with E-state index in [0.29, 0.717) is 5.82 Å². The lowest BCUT2D eigenvalue weighted by molar-refractivity contribution is 0.249. The summed E-state index contributed by atoms with van der Waals surface area (Å²) < 4.78 is 0. The van der Waals surface area contributed by atoms with E-state index in [9.17, 15) is 4.79 Å². The van der Waals surface area contributed by atoms with Crippen LogP contribution in [0.2, 0.25) is 0 Å². The lowest BCUT2D eigenvalue weighted by Gasteiger charge is -2.25. The zero-order valence-corrected chi connectivity index (χ0v) is 17.4. The second-order valence-electron chi connectivity index (χ2n) is 7.70. The maximum atomic E-state index is 12.5. The van der Waals surface area contributed by atoms with Gasteiger partial charge >= 0.3 is 6.03 Å². The van der Waals surface area contributed by atoms with Gasteiger partial charge in [0.2, 0.25) is 0 Å². The van der Waals surface area contributed by atoms with Crippen molar-refractivity contribution >= 4 is 17.5 Å². The van der Waals surface area contributed by atoms with Gasteiger partial charge in [-0.1, -0.05) is 6.07 Å². The largest absolute Gasteiger partial charge is 0.330 e. The zero-order chi connectivity index (χ0) is 21.3. The van der Waals surface area contributed by atoms with Gasteiger partial charge in [-0.3, -0.25) is 15.3 Å². The summed E-state index contributed by atoms with van der Waals surface area (Å²) in [5, 5.41) is 5.71. The molecule has 0 saturated heterocycles. The van der Waals surface area contributed by atoms with E-state index >= 15 is 0 Å². The summed E-state index contributed by atoms with van der Waals surface area (Å²) in [4.78, 5) is 25.5. The molecule has 0 spiro atoms. The minimum atomic E-state index is -0.443. The van der Waals surface area contributed by atoms with Crippen molar-refractivity contribution in [1.82, 2.24) is 25.7 Å². The fourth-order valence-corrected chi connectivity index (χ4v) is 3.74. The van der Waals surface area contributed by atoms with E-state index in [2.05, 4.69) is 43.4 Å². The number of hydrogen-bond acceptors (Lipinski definition) is 6. The molecule has 0 bridgehead atoms. The van der Waals surface area contributed by atoms with E-state index in [1.165, 1.54) is 0 Å². The maximum Gasteiger partial charge on any atom is 0.320 e. The van der Waals surface area contributed by atoms with Gasteiger partial charge in [-0.25, -0.2) is 15.2 Å². The molecular formula is C22H25N7O. The van der Waals surface area contributed by atoms with Crippen molar-refractivity contribution in [3.05, 3.63) is 77.0 Å². The number of fused-ring (bicyclic) bond motifs is 1. The van der Waals surface area contributed by atoms with E-state index in [-0.39, 0.29) is 12.1 Å². The Balaban J connectivity index is 1.49. The van der Waals surface area contributed by atoms with Gasteiger partial charge in [0.25, 0.3) is 0 Å². The number of hydrazine groups is 1. The molecule has 2 unspecified atom stereocenters. The quantitative estimate of drug-likeness (QED) is 0.531. The third kappa shape index (κ3) is 3.69. The molecule has 3 aromatic rings.